The van der Waals surface area contributed by atoms with E-state index in [1.54, 1.807) is 6.92 Å². The van der Waals surface area contributed by atoms with Crippen molar-refractivity contribution in [2.45, 2.75) is 62.1 Å². The van der Waals surface area contributed by atoms with Crippen LogP contribution in [0.3, 0.4) is 0 Å². The van der Waals surface area contributed by atoms with E-state index in [1.807, 2.05) is 13.8 Å². The Morgan fingerprint density at radius 1 is 1.34 bits per heavy atom. The van der Waals surface area contributed by atoms with Crippen LogP contribution in [0, 0.1) is 11.8 Å². The number of rotatable bonds is 10. The number of hydrogen-bond donors (Lipinski definition) is 6. The van der Waals surface area contributed by atoms with Crippen LogP contribution in [-0.2, 0) is 14.4 Å². The number of carboxylic acids is 1. The fourth-order valence-electron chi connectivity index (χ4n) is 4.76. The zero-order valence-electron chi connectivity index (χ0n) is 18.2. The first-order valence-electron chi connectivity index (χ1n) is 10.7. The molecule has 2 amide bonds. The molecule has 0 saturated carbocycles. The minimum atomic E-state index is -1.32. The van der Waals surface area contributed by atoms with Crippen molar-refractivity contribution in [2.75, 3.05) is 18.9 Å². The predicted molar refractivity (Wildman–Crippen MR) is 121 cm³/mol. The van der Waals surface area contributed by atoms with Crippen molar-refractivity contribution in [3.05, 3.63) is 10.6 Å². The van der Waals surface area contributed by atoms with E-state index in [0.29, 0.717) is 23.6 Å². The first kappa shape index (κ1) is 25.3. The third kappa shape index (κ3) is 4.66. The molecule has 8 atom stereocenters. The van der Waals surface area contributed by atoms with E-state index >= 15 is 0 Å². The van der Waals surface area contributed by atoms with Gasteiger partial charge in [0, 0.05) is 28.7 Å². The highest BCUT2D eigenvalue weighted by Crippen LogP contribution is 2.52. The highest BCUT2D eigenvalue weighted by atomic mass is 32.2. The summed E-state index contributed by atoms with van der Waals surface area (Å²) in [5.41, 5.74) is 0.00106. The second kappa shape index (κ2) is 10.3. The highest BCUT2D eigenvalue weighted by molar-refractivity contribution is 8.03. The van der Waals surface area contributed by atoms with Crippen molar-refractivity contribution in [3.8, 4) is 0 Å². The van der Waals surface area contributed by atoms with Gasteiger partial charge in [0.2, 0.25) is 11.8 Å². The van der Waals surface area contributed by atoms with Gasteiger partial charge in [-0.05, 0) is 19.1 Å². The minimum absolute atomic E-state index is 0.00104. The second-order valence-electron chi connectivity index (χ2n) is 8.35. The Morgan fingerprint density at radius 2 is 2.03 bits per heavy atom. The van der Waals surface area contributed by atoms with Crippen LogP contribution >= 0.6 is 23.5 Å². The van der Waals surface area contributed by atoms with Crippen molar-refractivity contribution < 1.29 is 34.8 Å². The maximum absolute atomic E-state index is 12.6. The van der Waals surface area contributed by atoms with Gasteiger partial charge in [-0.15, -0.1) is 23.5 Å². The molecule has 3 aliphatic rings. The molecule has 0 aromatic rings. The van der Waals surface area contributed by atoms with Gasteiger partial charge in [-0.3, -0.25) is 9.59 Å². The lowest BCUT2D eigenvalue weighted by molar-refractivity contribution is -0.163. The molecule has 2 unspecified atom stereocenters. The van der Waals surface area contributed by atoms with Gasteiger partial charge in [0.15, 0.2) is 0 Å². The molecule has 3 heterocycles. The Balaban J connectivity index is 1.72. The SMILES string of the molecule is CCSC(C(=O)NC(O)CO)[C@@H]1C[C@H](SC2=C(C(=O)O)N3C(=O)[C@H]([C@@H](C)O)[C@H]3[C@H]2C)CN1. The van der Waals surface area contributed by atoms with Gasteiger partial charge in [-0.1, -0.05) is 13.8 Å². The molecule has 0 aromatic carbocycles. The van der Waals surface area contributed by atoms with E-state index < -0.39 is 36.1 Å². The van der Waals surface area contributed by atoms with E-state index in [1.165, 1.54) is 28.4 Å². The first-order valence-corrected chi connectivity index (χ1v) is 12.6. The molecule has 0 aliphatic carbocycles. The molecule has 0 spiro atoms. The van der Waals surface area contributed by atoms with Crippen molar-refractivity contribution in [3.63, 3.8) is 0 Å². The van der Waals surface area contributed by atoms with Crippen LogP contribution in [0.2, 0.25) is 0 Å². The third-order valence-electron chi connectivity index (χ3n) is 6.18. The van der Waals surface area contributed by atoms with Crippen LogP contribution in [-0.4, -0.2) is 96.9 Å². The average Bonchev–Trinajstić information content (AvgIpc) is 3.27. The van der Waals surface area contributed by atoms with Gasteiger partial charge in [0.25, 0.3) is 0 Å². The van der Waals surface area contributed by atoms with Gasteiger partial charge in [-0.2, -0.15) is 0 Å². The van der Waals surface area contributed by atoms with Crippen molar-refractivity contribution >= 4 is 41.3 Å². The number of hydrogen-bond acceptors (Lipinski definition) is 9. The third-order valence-corrected chi connectivity index (χ3v) is 8.93. The molecule has 32 heavy (non-hydrogen) atoms. The topological polar surface area (TPSA) is 159 Å². The summed E-state index contributed by atoms with van der Waals surface area (Å²) < 4.78 is 0. The summed E-state index contributed by atoms with van der Waals surface area (Å²) in [6.45, 7) is 5.36. The predicted octanol–water partition coefficient (Wildman–Crippen LogP) is -0.848. The van der Waals surface area contributed by atoms with Crippen LogP contribution in [0.25, 0.3) is 0 Å². The fourth-order valence-corrected chi connectivity index (χ4v) is 7.27. The maximum Gasteiger partial charge on any atom is 0.353 e. The number of fused-ring (bicyclic) bond motifs is 1. The molecule has 0 aromatic heterocycles. The van der Waals surface area contributed by atoms with Gasteiger partial charge < -0.3 is 36.0 Å². The molecule has 6 N–H and O–H groups in total. The number of aliphatic hydroxyl groups is 3. The first-order chi connectivity index (χ1) is 15.1. The fraction of sp³-hybridized carbons (Fsp3) is 0.750. The lowest BCUT2D eigenvalue weighted by Gasteiger charge is -2.46. The van der Waals surface area contributed by atoms with E-state index in [2.05, 4.69) is 10.6 Å². The minimum Gasteiger partial charge on any atom is -0.477 e. The second-order valence-corrected chi connectivity index (χ2v) is 11.1. The Labute approximate surface area is 195 Å². The summed E-state index contributed by atoms with van der Waals surface area (Å²) in [5, 5.41) is 43.6. The van der Waals surface area contributed by atoms with Gasteiger partial charge in [-0.25, -0.2) is 4.79 Å². The standard InChI is InChI=1S/C20H31N3O7S2/c1-4-31-17(18(27)22-12(26)7-24)11-5-10(6-21-11)32-16-8(2)14-13(9(3)25)19(28)23(14)15(16)20(29)30/h8-14,17,21,24-26H,4-7H2,1-3H3,(H,22,27)(H,29,30)/t8-,9-,10+,11+,12?,13-,14-,17?/m1/s1. The highest BCUT2D eigenvalue weighted by Gasteiger charge is 2.60. The lowest BCUT2D eigenvalue weighted by atomic mass is 9.79. The van der Waals surface area contributed by atoms with Crippen LogP contribution in [0.1, 0.15) is 27.2 Å². The zero-order valence-corrected chi connectivity index (χ0v) is 19.9. The normalized spacial score (nSPS) is 32.4. The largest absolute Gasteiger partial charge is 0.477 e. The summed E-state index contributed by atoms with van der Waals surface area (Å²) in [6.07, 6.45) is -1.56. The quantitative estimate of drug-likeness (QED) is 0.169. The van der Waals surface area contributed by atoms with Gasteiger partial charge in [0.1, 0.15) is 11.9 Å². The molecule has 0 bridgehead atoms. The van der Waals surface area contributed by atoms with E-state index in [9.17, 15) is 29.7 Å². The lowest BCUT2D eigenvalue weighted by Crippen LogP contribution is -2.63. The summed E-state index contributed by atoms with van der Waals surface area (Å²) in [4.78, 5) is 39.0. The van der Waals surface area contributed by atoms with E-state index in [4.69, 9.17) is 5.11 Å². The number of aliphatic carboxylic acids is 1. The van der Waals surface area contributed by atoms with Crippen molar-refractivity contribution in [2.24, 2.45) is 11.8 Å². The number of carbonyl (C=O) groups excluding carboxylic acids is 2. The summed E-state index contributed by atoms with van der Waals surface area (Å²) in [7, 11) is 0. The van der Waals surface area contributed by atoms with Crippen LogP contribution in [0.15, 0.2) is 10.6 Å². The van der Waals surface area contributed by atoms with Crippen LogP contribution < -0.4 is 10.6 Å². The molecule has 12 heteroatoms. The monoisotopic (exact) mass is 489 g/mol. The smallest absolute Gasteiger partial charge is 0.353 e. The van der Waals surface area contributed by atoms with E-state index in [0.717, 1.165) is 0 Å². The number of carboxylic acid groups (broad SMARTS) is 1. The number of thioether (sulfide) groups is 2. The molecule has 2 fully saturated rings. The molecule has 2 saturated heterocycles. The summed E-state index contributed by atoms with van der Waals surface area (Å²) >= 11 is 2.86. The molecule has 180 valence electrons. The summed E-state index contributed by atoms with van der Waals surface area (Å²) in [5.74, 6) is -1.99. The molecular weight excluding hydrogens is 458 g/mol. The molecule has 0 radical (unpaired) electrons. The van der Waals surface area contributed by atoms with E-state index in [-0.39, 0.29) is 40.8 Å². The zero-order chi connectivity index (χ0) is 23.7. The Hall–Kier alpha value is -1.31. The number of carbonyl (C=O) groups is 3. The Morgan fingerprint density at radius 3 is 2.59 bits per heavy atom. The van der Waals surface area contributed by atoms with Crippen LogP contribution in [0.4, 0.5) is 0 Å². The van der Waals surface area contributed by atoms with Crippen LogP contribution in [0.5, 0.6) is 0 Å². The number of β-lactam (4-membered cyclic amide) rings is 1. The van der Waals surface area contributed by atoms with Crippen molar-refractivity contribution in [1.82, 2.24) is 15.5 Å². The Bertz CT molecular complexity index is 793. The number of nitrogens with zero attached hydrogens (tertiary/aromatic N) is 1. The Kier molecular flexibility index (Phi) is 8.16. The van der Waals surface area contributed by atoms with Gasteiger partial charge in [0.05, 0.1) is 29.9 Å². The number of aliphatic hydroxyl groups excluding tert-OH is 3. The molecule has 3 rings (SSSR count). The molecule has 10 nitrogen and oxygen atoms in total. The molecular formula is C20H31N3O7S2. The molecule has 3 aliphatic heterocycles. The van der Waals surface area contributed by atoms with Crippen molar-refractivity contribution in [1.29, 1.82) is 0 Å². The number of amides is 2. The number of nitrogens with one attached hydrogen (secondary N) is 2. The van der Waals surface area contributed by atoms with Gasteiger partial charge >= 0.3 is 5.97 Å². The average molecular weight is 490 g/mol. The summed E-state index contributed by atoms with van der Waals surface area (Å²) in [6, 6.07) is -0.534. The maximum atomic E-state index is 12.6.